The number of ether oxygens (including phenoxy) is 1. The number of carbonyl (C=O) groups is 2. The molecular weight excluding hydrogens is 328 g/mol. The van der Waals surface area contributed by atoms with Gasteiger partial charge in [-0.05, 0) is 48.7 Å². The zero-order valence-corrected chi connectivity index (χ0v) is 14.3. The van der Waals surface area contributed by atoms with Crippen molar-refractivity contribution in [2.45, 2.75) is 31.7 Å². The first-order valence-corrected chi connectivity index (χ1v) is 8.90. The maximum absolute atomic E-state index is 12.3. The van der Waals surface area contributed by atoms with E-state index in [4.69, 9.17) is 4.74 Å². The highest BCUT2D eigenvalue weighted by atomic mass is 16.5. The Labute approximate surface area is 152 Å². The Kier molecular flexibility index (Phi) is 4.44. The van der Waals surface area contributed by atoms with E-state index in [0.717, 1.165) is 18.4 Å². The van der Waals surface area contributed by atoms with E-state index in [2.05, 4.69) is 10.6 Å². The van der Waals surface area contributed by atoms with Crippen molar-refractivity contribution in [1.29, 1.82) is 0 Å². The second-order valence-electron chi connectivity index (χ2n) is 6.64. The Balaban J connectivity index is 1.47. The van der Waals surface area contributed by atoms with Crippen molar-refractivity contribution in [3.8, 4) is 5.75 Å². The molecule has 2 amide bonds. The van der Waals surface area contributed by atoms with Crippen molar-refractivity contribution >= 4 is 23.6 Å². The van der Waals surface area contributed by atoms with E-state index < -0.39 is 0 Å². The zero-order valence-electron chi connectivity index (χ0n) is 14.3. The van der Waals surface area contributed by atoms with Crippen molar-refractivity contribution in [2.75, 3.05) is 5.32 Å². The molecule has 0 radical (unpaired) electrons. The molecule has 2 aromatic carbocycles. The summed E-state index contributed by atoms with van der Waals surface area (Å²) < 4.78 is 5.68. The number of hydrogen-bond acceptors (Lipinski definition) is 3. The van der Waals surface area contributed by atoms with Crippen molar-refractivity contribution in [2.24, 2.45) is 0 Å². The fourth-order valence-corrected chi connectivity index (χ4v) is 3.32. The van der Waals surface area contributed by atoms with E-state index in [0.29, 0.717) is 23.0 Å². The van der Waals surface area contributed by atoms with Crippen LogP contribution in [0.25, 0.3) is 6.08 Å². The molecule has 2 aliphatic rings. The molecule has 1 heterocycles. The van der Waals surface area contributed by atoms with Crippen LogP contribution in [0, 0.1) is 0 Å². The average molecular weight is 348 g/mol. The summed E-state index contributed by atoms with van der Waals surface area (Å²) in [5.41, 5.74) is 2.08. The van der Waals surface area contributed by atoms with Gasteiger partial charge in [0.15, 0.2) is 11.5 Å². The Hall–Kier alpha value is -3.08. The Bertz CT molecular complexity index is 865. The quantitative estimate of drug-likeness (QED) is 0.831. The largest absolute Gasteiger partial charge is 0.449 e. The van der Waals surface area contributed by atoms with E-state index in [9.17, 15) is 9.59 Å². The minimum absolute atomic E-state index is 0.0447. The van der Waals surface area contributed by atoms with E-state index in [1.54, 1.807) is 30.3 Å². The predicted molar refractivity (Wildman–Crippen MR) is 99.8 cm³/mol. The number of benzene rings is 2. The van der Waals surface area contributed by atoms with Crippen LogP contribution in [0.5, 0.6) is 5.75 Å². The molecule has 0 bridgehead atoms. The number of rotatable bonds is 3. The number of nitrogens with one attached hydrogen (secondary N) is 2. The molecule has 1 saturated carbocycles. The van der Waals surface area contributed by atoms with Gasteiger partial charge in [0.2, 0.25) is 0 Å². The normalized spacial score (nSPS) is 18.2. The zero-order chi connectivity index (χ0) is 17.9. The number of hydrogen-bond donors (Lipinski definition) is 2. The van der Waals surface area contributed by atoms with E-state index in [-0.39, 0.29) is 17.6 Å². The van der Waals surface area contributed by atoms with Crippen LogP contribution in [0.15, 0.2) is 54.3 Å². The topological polar surface area (TPSA) is 67.4 Å². The monoisotopic (exact) mass is 348 g/mol. The summed E-state index contributed by atoms with van der Waals surface area (Å²) in [6.45, 7) is 0. The maximum atomic E-state index is 12.3. The average Bonchev–Trinajstić information content (AvgIpc) is 3.16. The summed E-state index contributed by atoms with van der Waals surface area (Å²) >= 11 is 0. The van der Waals surface area contributed by atoms with Gasteiger partial charge in [-0.3, -0.25) is 9.59 Å². The molecule has 0 unspecified atom stereocenters. The molecule has 2 N–H and O–H groups in total. The fraction of sp³-hybridized carbons (Fsp3) is 0.238. The van der Waals surface area contributed by atoms with Crippen LogP contribution in [0.1, 0.15) is 41.6 Å². The minimum Gasteiger partial charge on any atom is -0.449 e. The fourth-order valence-electron chi connectivity index (χ4n) is 3.32. The van der Waals surface area contributed by atoms with Crippen LogP contribution in [0.4, 0.5) is 5.69 Å². The molecule has 0 saturated heterocycles. The van der Waals surface area contributed by atoms with Crippen LogP contribution in [-0.2, 0) is 4.79 Å². The van der Waals surface area contributed by atoms with Crippen molar-refractivity contribution in [3.05, 3.63) is 65.4 Å². The molecule has 5 nitrogen and oxygen atoms in total. The van der Waals surface area contributed by atoms with Gasteiger partial charge in [-0.1, -0.05) is 37.1 Å². The number of anilines is 1. The molecule has 0 atom stereocenters. The standard InChI is InChI=1S/C21H20N2O3/c24-20(22-16-5-1-2-6-16)15-11-9-14(10-12-15)13-19-21(25)23-17-7-3-4-8-18(17)26-19/h3-4,7-13,16H,1-2,5-6H2,(H,22,24)(H,23,25). The molecular formula is C21H20N2O3. The number of fused-ring (bicyclic) bond motifs is 1. The first kappa shape index (κ1) is 16.4. The molecule has 4 rings (SSSR count). The molecule has 26 heavy (non-hydrogen) atoms. The van der Waals surface area contributed by atoms with Crippen LogP contribution < -0.4 is 15.4 Å². The third-order valence-electron chi connectivity index (χ3n) is 4.74. The Morgan fingerprint density at radius 2 is 1.81 bits per heavy atom. The van der Waals surface area contributed by atoms with Gasteiger partial charge in [0.1, 0.15) is 0 Å². The third kappa shape index (κ3) is 3.47. The molecule has 1 aliphatic heterocycles. The van der Waals surface area contributed by atoms with Gasteiger partial charge >= 0.3 is 0 Å². The van der Waals surface area contributed by atoms with Gasteiger partial charge in [-0.15, -0.1) is 0 Å². The van der Waals surface area contributed by atoms with Gasteiger partial charge in [0.05, 0.1) is 5.69 Å². The summed E-state index contributed by atoms with van der Waals surface area (Å²) in [5.74, 6) is 0.515. The molecule has 5 heteroatoms. The van der Waals surface area contributed by atoms with E-state index in [1.165, 1.54) is 12.8 Å². The lowest BCUT2D eigenvalue weighted by Crippen LogP contribution is -2.32. The van der Waals surface area contributed by atoms with Crippen LogP contribution >= 0.6 is 0 Å². The Morgan fingerprint density at radius 1 is 1.08 bits per heavy atom. The molecule has 0 aromatic heterocycles. The van der Waals surface area contributed by atoms with Gasteiger partial charge in [0.25, 0.3) is 11.8 Å². The molecule has 1 fully saturated rings. The van der Waals surface area contributed by atoms with Gasteiger partial charge < -0.3 is 15.4 Å². The highest BCUT2D eigenvalue weighted by Gasteiger charge is 2.21. The first-order chi connectivity index (χ1) is 12.7. The van der Waals surface area contributed by atoms with Gasteiger partial charge in [-0.25, -0.2) is 0 Å². The van der Waals surface area contributed by atoms with Crippen LogP contribution in [0.3, 0.4) is 0 Å². The SMILES string of the molecule is O=C1Nc2ccccc2OC1=Cc1ccc(C(=O)NC2CCCC2)cc1. The number of para-hydroxylation sites is 2. The Morgan fingerprint density at radius 3 is 2.58 bits per heavy atom. The summed E-state index contributed by atoms with van der Waals surface area (Å²) in [5, 5.41) is 5.87. The lowest BCUT2D eigenvalue weighted by atomic mass is 10.1. The summed E-state index contributed by atoms with van der Waals surface area (Å²) in [6, 6.07) is 14.8. The van der Waals surface area contributed by atoms with Crippen LogP contribution in [0.2, 0.25) is 0 Å². The highest BCUT2D eigenvalue weighted by Crippen LogP contribution is 2.30. The molecule has 0 spiro atoms. The third-order valence-corrected chi connectivity index (χ3v) is 4.74. The lowest BCUT2D eigenvalue weighted by molar-refractivity contribution is -0.115. The maximum Gasteiger partial charge on any atom is 0.291 e. The molecule has 1 aliphatic carbocycles. The predicted octanol–water partition coefficient (Wildman–Crippen LogP) is 3.73. The lowest BCUT2D eigenvalue weighted by Gasteiger charge is -2.19. The van der Waals surface area contributed by atoms with Crippen LogP contribution in [-0.4, -0.2) is 17.9 Å². The van der Waals surface area contributed by atoms with Crippen molar-refractivity contribution in [3.63, 3.8) is 0 Å². The summed E-state index contributed by atoms with van der Waals surface area (Å²) in [6.07, 6.45) is 6.16. The van der Waals surface area contributed by atoms with Crippen molar-refractivity contribution < 1.29 is 14.3 Å². The van der Waals surface area contributed by atoms with E-state index in [1.807, 2.05) is 24.3 Å². The first-order valence-electron chi connectivity index (χ1n) is 8.90. The summed E-state index contributed by atoms with van der Waals surface area (Å²) in [4.78, 5) is 24.4. The second kappa shape index (κ2) is 7.04. The van der Waals surface area contributed by atoms with Gasteiger partial charge in [-0.2, -0.15) is 0 Å². The number of carbonyl (C=O) groups excluding carboxylic acids is 2. The highest BCUT2D eigenvalue weighted by molar-refractivity contribution is 6.08. The number of amides is 2. The smallest absolute Gasteiger partial charge is 0.291 e. The van der Waals surface area contributed by atoms with Gasteiger partial charge in [0, 0.05) is 11.6 Å². The van der Waals surface area contributed by atoms with E-state index >= 15 is 0 Å². The molecule has 132 valence electrons. The summed E-state index contributed by atoms with van der Waals surface area (Å²) in [7, 11) is 0. The second-order valence-corrected chi connectivity index (χ2v) is 6.64. The minimum atomic E-state index is -0.285. The molecule has 2 aromatic rings. The van der Waals surface area contributed by atoms with Crippen molar-refractivity contribution in [1.82, 2.24) is 5.32 Å².